The summed E-state index contributed by atoms with van der Waals surface area (Å²) in [5.74, 6) is 0.907. The van der Waals surface area contributed by atoms with Gasteiger partial charge in [0.2, 0.25) is 0 Å². The van der Waals surface area contributed by atoms with E-state index in [1.54, 1.807) is 11.3 Å². The predicted octanol–water partition coefficient (Wildman–Crippen LogP) is 0.386. The van der Waals surface area contributed by atoms with Crippen molar-refractivity contribution in [2.24, 2.45) is 5.10 Å². The molecule has 5 nitrogen and oxygen atoms in total. The Morgan fingerprint density at radius 2 is 1.67 bits per heavy atom. The van der Waals surface area contributed by atoms with Gasteiger partial charge in [0.15, 0.2) is 0 Å². The van der Waals surface area contributed by atoms with E-state index in [0.29, 0.717) is 4.59 Å². The summed E-state index contributed by atoms with van der Waals surface area (Å²) < 4.78 is 0.353. The number of nitrogens with zero attached hydrogens (tertiary/aromatic N) is 4. The van der Waals surface area contributed by atoms with Gasteiger partial charge in [0.25, 0.3) is 5.84 Å². The molecular weight excluding hydrogens is 386 g/mol. The Labute approximate surface area is 155 Å². The van der Waals surface area contributed by atoms with Gasteiger partial charge in [0, 0.05) is 11.6 Å². The van der Waals surface area contributed by atoms with Crippen LogP contribution in [0.15, 0.2) is 77.3 Å². The highest BCUT2D eigenvalue weighted by Crippen LogP contribution is 2.34. The SMILES string of the molecule is C[N+]1(c2nccs2)C(c2ccccc2)=NNN1c1ccccc1.[Br-]. The zero-order chi connectivity index (χ0) is 15.7. The number of amidine groups is 1. The largest absolute Gasteiger partial charge is 1.00 e. The minimum absolute atomic E-state index is 0. The Balaban J connectivity index is 0.00000169. The summed E-state index contributed by atoms with van der Waals surface area (Å²) in [5, 5.41) is 9.55. The van der Waals surface area contributed by atoms with Gasteiger partial charge in [-0.05, 0) is 24.3 Å². The molecule has 2 heterocycles. The van der Waals surface area contributed by atoms with Gasteiger partial charge in [-0.1, -0.05) is 62.5 Å². The third-order valence-electron chi connectivity index (χ3n) is 3.89. The van der Waals surface area contributed by atoms with Crippen molar-refractivity contribution in [2.75, 3.05) is 12.2 Å². The molecule has 1 unspecified atom stereocenters. The third kappa shape index (κ3) is 2.60. The highest BCUT2D eigenvalue weighted by atomic mass is 79.9. The van der Waals surface area contributed by atoms with Crippen molar-refractivity contribution in [3.63, 3.8) is 0 Å². The summed E-state index contributed by atoms with van der Waals surface area (Å²) in [6.07, 6.45) is 1.83. The Kier molecular flexibility index (Phi) is 4.66. The van der Waals surface area contributed by atoms with Crippen LogP contribution in [0, 0.1) is 0 Å². The van der Waals surface area contributed by atoms with E-state index in [1.165, 1.54) is 0 Å². The van der Waals surface area contributed by atoms with Crippen LogP contribution in [0.25, 0.3) is 0 Å². The van der Waals surface area contributed by atoms with Crippen LogP contribution in [-0.2, 0) is 0 Å². The summed E-state index contributed by atoms with van der Waals surface area (Å²) in [6.45, 7) is 0. The van der Waals surface area contributed by atoms with Gasteiger partial charge in [-0.25, -0.2) is 0 Å². The standard InChI is InChI=1S/C17H16N5S.BrH/c1-22(17-18-12-13-23-17)16(14-8-4-2-5-9-14)19-20-21(22)15-10-6-3-7-11-15;/h2-13,20H,1H3;1H/q+1;/p-1. The lowest BCUT2D eigenvalue weighted by atomic mass is 10.2. The summed E-state index contributed by atoms with van der Waals surface area (Å²) in [4.78, 5) is 4.55. The van der Waals surface area contributed by atoms with Crippen LogP contribution in [0.1, 0.15) is 5.56 Å². The number of hydrazone groups is 1. The molecule has 0 amide bonds. The van der Waals surface area contributed by atoms with E-state index >= 15 is 0 Å². The fourth-order valence-electron chi connectivity index (χ4n) is 2.74. The minimum Gasteiger partial charge on any atom is -1.00 e. The van der Waals surface area contributed by atoms with Crippen LogP contribution in [0.4, 0.5) is 10.8 Å². The Morgan fingerprint density at radius 3 is 2.29 bits per heavy atom. The van der Waals surface area contributed by atoms with E-state index in [1.807, 2.05) is 53.1 Å². The van der Waals surface area contributed by atoms with Gasteiger partial charge < -0.3 is 17.0 Å². The first-order valence-corrected chi connectivity index (χ1v) is 8.19. The first-order chi connectivity index (χ1) is 11.3. The smallest absolute Gasteiger partial charge is 0.319 e. The molecule has 1 N–H and O–H groups in total. The van der Waals surface area contributed by atoms with Crippen molar-refractivity contribution < 1.29 is 17.0 Å². The molecule has 122 valence electrons. The first-order valence-electron chi connectivity index (χ1n) is 7.32. The number of thiazole rings is 1. The summed E-state index contributed by atoms with van der Waals surface area (Å²) in [6, 6.07) is 20.3. The summed E-state index contributed by atoms with van der Waals surface area (Å²) in [5.41, 5.74) is 5.25. The number of hydrazine groups is 1. The summed E-state index contributed by atoms with van der Waals surface area (Å²) >= 11 is 1.61. The summed E-state index contributed by atoms with van der Waals surface area (Å²) in [7, 11) is 2.09. The molecule has 1 aliphatic rings. The van der Waals surface area contributed by atoms with Crippen LogP contribution in [0.2, 0.25) is 0 Å². The molecular formula is C17H16BrN5S. The van der Waals surface area contributed by atoms with Crippen LogP contribution < -0.4 is 32.2 Å². The van der Waals surface area contributed by atoms with Crippen LogP contribution in [-0.4, -0.2) is 17.9 Å². The van der Waals surface area contributed by atoms with Crippen LogP contribution >= 0.6 is 11.3 Å². The maximum Gasteiger partial charge on any atom is 0.319 e. The van der Waals surface area contributed by atoms with Gasteiger partial charge in [-0.3, -0.25) is 0 Å². The normalized spacial score (nSPS) is 19.4. The molecule has 0 saturated carbocycles. The second kappa shape index (κ2) is 6.72. The van der Waals surface area contributed by atoms with Gasteiger partial charge in [-0.2, -0.15) is 10.5 Å². The molecule has 4 rings (SSSR count). The molecule has 3 aromatic rings. The molecule has 0 bridgehead atoms. The second-order valence-corrected chi connectivity index (χ2v) is 6.20. The molecule has 0 aliphatic carbocycles. The van der Waals surface area contributed by atoms with Gasteiger partial charge in [0.05, 0.1) is 5.56 Å². The number of quaternary nitrogens is 1. The fourth-order valence-corrected chi connectivity index (χ4v) is 3.48. The van der Waals surface area contributed by atoms with Gasteiger partial charge in [-0.15, -0.1) is 0 Å². The molecule has 1 aliphatic heterocycles. The molecule has 0 fully saturated rings. The average molecular weight is 402 g/mol. The van der Waals surface area contributed by atoms with Crippen molar-refractivity contribution >= 4 is 28.0 Å². The highest BCUT2D eigenvalue weighted by molar-refractivity contribution is 7.13. The molecule has 1 aromatic heterocycles. The van der Waals surface area contributed by atoms with Crippen molar-refractivity contribution in [3.8, 4) is 0 Å². The van der Waals surface area contributed by atoms with Gasteiger partial charge >= 0.3 is 5.13 Å². The topological polar surface area (TPSA) is 40.5 Å². The number of para-hydroxylation sites is 1. The highest BCUT2D eigenvalue weighted by Gasteiger charge is 2.48. The average Bonchev–Trinajstić information content (AvgIpc) is 3.25. The van der Waals surface area contributed by atoms with E-state index in [4.69, 9.17) is 0 Å². The Hall–Kier alpha value is -2.22. The first kappa shape index (κ1) is 16.6. The van der Waals surface area contributed by atoms with E-state index in [-0.39, 0.29) is 17.0 Å². The molecule has 0 spiro atoms. The van der Waals surface area contributed by atoms with E-state index in [2.05, 4.69) is 46.9 Å². The molecule has 24 heavy (non-hydrogen) atoms. The van der Waals surface area contributed by atoms with Crippen molar-refractivity contribution in [3.05, 3.63) is 77.8 Å². The lowest BCUT2D eigenvalue weighted by Crippen LogP contribution is -3.00. The molecule has 2 aromatic carbocycles. The Bertz CT molecular complexity index is 823. The number of halogens is 1. The maximum absolute atomic E-state index is 4.60. The number of benzene rings is 2. The molecule has 1 atom stereocenters. The number of aromatic nitrogens is 1. The number of hydrogen-bond acceptors (Lipinski definition) is 5. The predicted molar refractivity (Wildman–Crippen MR) is 94.9 cm³/mol. The van der Waals surface area contributed by atoms with Crippen LogP contribution in [0.3, 0.4) is 0 Å². The quantitative estimate of drug-likeness (QED) is 0.645. The molecule has 0 radical (unpaired) electrons. The number of nitrogens with one attached hydrogen (secondary N) is 1. The fraction of sp³-hybridized carbons (Fsp3) is 0.0588. The van der Waals surface area contributed by atoms with Gasteiger partial charge in [0.1, 0.15) is 12.7 Å². The number of rotatable bonds is 3. The van der Waals surface area contributed by atoms with E-state index in [0.717, 1.165) is 22.2 Å². The zero-order valence-corrected chi connectivity index (χ0v) is 15.4. The van der Waals surface area contributed by atoms with Crippen molar-refractivity contribution in [2.45, 2.75) is 0 Å². The van der Waals surface area contributed by atoms with Crippen LogP contribution in [0.5, 0.6) is 0 Å². The Morgan fingerprint density at radius 1 is 1.00 bits per heavy atom. The van der Waals surface area contributed by atoms with E-state index < -0.39 is 0 Å². The lowest BCUT2D eigenvalue weighted by Gasteiger charge is -2.33. The molecule has 7 heteroatoms. The van der Waals surface area contributed by atoms with Crippen molar-refractivity contribution in [1.82, 2.24) is 15.1 Å². The maximum atomic E-state index is 4.60. The molecule has 0 saturated heterocycles. The third-order valence-corrected chi connectivity index (χ3v) is 4.82. The minimum atomic E-state index is 0. The number of hydrogen-bond donors (Lipinski definition) is 1. The monoisotopic (exact) mass is 401 g/mol. The lowest BCUT2D eigenvalue weighted by molar-refractivity contribution is -0.00000454. The van der Waals surface area contributed by atoms with Crippen molar-refractivity contribution in [1.29, 1.82) is 0 Å². The number of anilines is 1. The zero-order valence-electron chi connectivity index (χ0n) is 13.0. The van der Waals surface area contributed by atoms with E-state index in [9.17, 15) is 0 Å². The second-order valence-electron chi connectivity index (χ2n) is 5.32.